The van der Waals surface area contributed by atoms with Crippen molar-refractivity contribution in [1.82, 2.24) is 15.1 Å². The number of hydrogen-bond donors (Lipinski definition) is 2. The van der Waals surface area contributed by atoms with E-state index in [4.69, 9.17) is 5.73 Å². The Morgan fingerprint density at radius 1 is 1.27 bits per heavy atom. The summed E-state index contributed by atoms with van der Waals surface area (Å²) in [6, 6.07) is 9.37. The number of nitrogens with two attached hydrogens (primary N) is 1. The van der Waals surface area contributed by atoms with Crippen LogP contribution in [0, 0.1) is 0 Å². The van der Waals surface area contributed by atoms with Crippen LogP contribution in [0.15, 0.2) is 29.3 Å². The molecular weight excluding hydrogens is 322 g/mol. The Morgan fingerprint density at radius 3 is 2.81 bits per heavy atom. The highest BCUT2D eigenvalue weighted by molar-refractivity contribution is 5.77. The fourth-order valence-electron chi connectivity index (χ4n) is 4.21. The van der Waals surface area contributed by atoms with Crippen molar-refractivity contribution in [3.05, 3.63) is 35.4 Å². The minimum atomic E-state index is 0.00262. The fraction of sp³-hybridized carbons (Fsp3) is 0.667. The molecule has 0 aromatic heterocycles. The Balaban J connectivity index is 1.51. The van der Waals surface area contributed by atoms with Gasteiger partial charge in [-0.3, -0.25) is 14.8 Å². The molecule has 0 amide bonds. The maximum atomic E-state index is 6.15. The zero-order valence-corrected chi connectivity index (χ0v) is 16.7. The van der Waals surface area contributed by atoms with Gasteiger partial charge < -0.3 is 11.1 Å². The van der Waals surface area contributed by atoms with Crippen molar-refractivity contribution in [3.63, 3.8) is 0 Å². The van der Waals surface area contributed by atoms with Crippen LogP contribution in [0.4, 0.5) is 0 Å². The lowest BCUT2D eigenvalue weighted by molar-refractivity contribution is 0.112. The normalized spacial score (nSPS) is 22.4. The van der Waals surface area contributed by atoms with Gasteiger partial charge in [0.05, 0.1) is 6.54 Å². The van der Waals surface area contributed by atoms with E-state index in [-0.39, 0.29) is 5.54 Å². The van der Waals surface area contributed by atoms with Crippen LogP contribution in [0.1, 0.15) is 44.7 Å². The first-order chi connectivity index (χ1) is 12.5. The van der Waals surface area contributed by atoms with Gasteiger partial charge in [0.1, 0.15) is 0 Å². The first-order valence-electron chi connectivity index (χ1n) is 10.1. The van der Waals surface area contributed by atoms with Gasteiger partial charge in [0, 0.05) is 31.2 Å². The number of hydrogen-bond acceptors (Lipinski definition) is 3. The molecule has 1 unspecified atom stereocenters. The lowest BCUT2D eigenvalue weighted by Crippen LogP contribution is -2.49. The summed E-state index contributed by atoms with van der Waals surface area (Å²) in [6.07, 6.45) is 3.67. The first-order valence-corrected chi connectivity index (χ1v) is 10.1. The number of likely N-dealkylation sites (N-methyl/N-ethyl adjacent to an activating group) is 1. The van der Waals surface area contributed by atoms with Crippen LogP contribution in [0.25, 0.3) is 0 Å². The van der Waals surface area contributed by atoms with Gasteiger partial charge in [-0.1, -0.05) is 31.2 Å². The second-order valence-electron chi connectivity index (χ2n) is 8.26. The van der Waals surface area contributed by atoms with Crippen LogP contribution in [-0.4, -0.2) is 60.1 Å². The molecule has 0 aliphatic carbocycles. The number of nitrogens with zero attached hydrogens (tertiary/aromatic N) is 3. The number of benzene rings is 1. The molecule has 1 atom stereocenters. The Labute approximate surface area is 158 Å². The standard InChI is InChI=1S/C21H35N5/c1-4-25-12-7-10-19(25)14-23-20(22)24-16-21(2,3)26-13-11-17-8-5-6-9-18(17)15-26/h5-6,8-9,19H,4,7,10-16H2,1-3H3,(H3,22,23,24). The van der Waals surface area contributed by atoms with Gasteiger partial charge in [-0.15, -0.1) is 0 Å². The number of likely N-dealkylation sites (tertiary alicyclic amines) is 1. The molecule has 1 aromatic carbocycles. The molecule has 2 heterocycles. The van der Waals surface area contributed by atoms with E-state index in [0.717, 1.165) is 39.1 Å². The van der Waals surface area contributed by atoms with E-state index >= 15 is 0 Å². The van der Waals surface area contributed by atoms with Crippen LogP contribution in [0.5, 0.6) is 0 Å². The van der Waals surface area contributed by atoms with E-state index in [1.165, 1.54) is 30.5 Å². The number of fused-ring (bicyclic) bond motifs is 1. The van der Waals surface area contributed by atoms with Gasteiger partial charge in [-0.2, -0.15) is 0 Å². The van der Waals surface area contributed by atoms with E-state index in [2.05, 4.69) is 65.1 Å². The smallest absolute Gasteiger partial charge is 0.188 e. The topological polar surface area (TPSA) is 56.9 Å². The van der Waals surface area contributed by atoms with Crippen LogP contribution in [-0.2, 0) is 13.0 Å². The van der Waals surface area contributed by atoms with E-state index in [0.29, 0.717) is 12.0 Å². The van der Waals surface area contributed by atoms with Gasteiger partial charge in [0.2, 0.25) is 0 Å². The molecule has 5 heteroatoms. The summed E-state index contributed by atoms with van der Waals surface area (Å²) in [5.74, 6) is 0.582. The molecule has 1 fully saturated rings. The summed E-state index contributed by atoms with van der Waals surface area (Å²) in [5, 5.41) is 3.35. The molecular formula is C21H35N5. The summed E-state index contributed by atoms with van der Waals surface area (Å²) >= 11 is 0. The summed E-state index contributed by atoms with van der Waals surface area (Å²) in [6.45, 7) is 12.8. The zero-order chi connectivity index (χ0) is 18.6. The molecule has 0 saturated carbocycles. The molecule has 1 aromatic rings. The molecule has 144 valence electrons. The van der Waals surface area contributed by atoms with Crippen LogP contribution in [0.2, 0.25) is 0 Å². The highest BCUT2D eigenvalue weighted by Gasteiger charge is 2.29. The highest BCUT2D eigenvalue weighted by atomic mass is 15.2. The number of nitrogens with one attached hydrogen (secondary N) is 1. The third-order valence-electron chi connectivity index (χ3n) is 6.05. The van der Waals surface area contributed by atoms with Crippen molar-refractivity contribution in [3.8, 4) is 0 Å². The quantitative estimate of drug-likeness (QED) is 0.605. The van der Waals surface area contributed by atoms with Crippen molar-refractivity contribution < 1.29 is 0 Å². The predicted octanol–water partition coefficient (Wildman–Crippen LogP) is 2.21. The molecule has 26 heavy (non-hydrogen) atoms. The monoisotopic (exact) mass is 357 g/mol. The molecule has 5 nitrogen and oxygen atoms in total. The number of aliphatic imine (C=N–C) groups is 1. The van der Waals surface area contributed by atoms with E-state index < -0.39 is 0 Å². The minimum absolute atomic E-state index is 0.00262. The molecule has 3 rings (SSSR count). The van der Waals surface area contributed by atoms with Crippen LogP contribution in [0.3, 0.4) is 0 Å². The zero-order valence-electron chi connectivity index (χ0n) is 16.7. The third kappa shape index (κ3) is 4.57. The Kier molecular flexibility index (Phi) is 6.20. The van der Waals surface area contributed by atoms with Crippen molar-refractivity contribution in [2.24, 2.45) is 10.7 Å². The summed E-state index contributed by atoms with van der Waals surface area (Å²) in [4.78, 5) is 9.71. The Morgan fingerprint density at radius 2 is 2.04 bits per heavy atom. The Bertz CT molecular complexity index is 625. The first kappa shape index (κ1) is 19.2. The van der Waals surface area contributed by atoms with Crippen LogP contribution < -0.4 is 11.1 Å². The van der Waals surface area contributed by atoms with E-state index in [1.54, 1.807) is 0 Å². The minimum Gasteiger partial charge on any atom is -0.370 e. The van der Waals surface area contributed by atoms with E-state index in [9.17, 15) is 0 Å². The van der Waals surface area contributed by atoms with Gasteiger partial charge >= 0.3 is 0 Å². The molecule has 0 spiro atoms. The molecule has 0 bridgehead atoms. The fourth-order valence-corrected chi connectivity index (χ4v) is 4.21. The van der Waals surface area contributed by atoms with Crippen molar-refractivity contribution in [2.45, 2.75) is 58.2 Å². The average molecular weight is 358 g/mol. The molecule has 1 saturated heterocycles. The van der Waals surface area contributed by atoms with Gasteiger partial charge in [-0.05, 0) is 57.3 Å². The highest BCUT2D eigenvalue weighted by Crippen LogP contribution is 2.25. The van der Waals surface area contributed by atoms with Crippen molar-refractivity contribution in [2.75, 3.05) is 32.7 Å². The SMILES string of the molecule is CCN1CCCC1CNC(N)=NCC(C)(C)N1CCc2ccccc2C1. The predicted molar refractivity (Wildman–Crippen MR) is 109 cm³/mol. The van der Waals surface area contributed by atoms with E-state index in [1.807, 2.05) is 0 Å². The molecule has 2 aliphatic rings. The summed E-state index contributed by atoms with van der Waals surface area (Å²) in [5.41, 5.74) is 9.09. The molecule has 0 radical (unpaired) electrons. The largest absolute Gasteiger partial charge is 0.370 e. The lowest BCUT2D eigenvalue weighted by Gasteiger charge is -2.40. The van der Waals surface area contributed by atoms with Crippen LogP contribution >= 0.6 is 0 Å². The third-order valence-corrected chi connectivity index (χ3v) is 6.05. The molecule has 3 N–H and O–H groups in total. The molecule has 2 aliphatic heterocycles. The van der Waals surface area contributed by atoms with Crippen molar-refractivity contribution >= 4 is 5.96 Å². The lowest BCUT2D eigenvalue weighted by atomic mass is 9.94. The van der Waals surface area contributed by atoms with Gasteiger partial charge in [-0.25, -0.2) is 0 Å². The Hall–Kier alpha value is -1.59. The maximum Gasteiger partial charge on any atom is 0.188 e. The second-order valence-corrected chi connectivity index (χ2v) is 8.26. The summed E-state index contributed by atoms with van der Waals surface area (Å²) < 4.78 is 0. The van der Waals surface area contributed by atoms with Gasteiger partial charge in [0.15, 0.2) is 5.96 Å². The summed E-state index contributed by atoms with van der Waals surface area (Å²) in [7, 11) is 0. The van der Waals surface area contributed by atoms with Crippen molar-refractivity contribution in [1.29, 1.82) is 0 Å². The van der Waals surface area contributed by atoms with Gasteiger partial charge in [0.25, 0.3) is 0 Å². The average Bonchev–Trinajstić information content (AvgIpc) is 3.12. The second kappa shape index (κ2) is 8.40. The number of rotatable bonds is 6. The maximum absolute atomic E-state index is 6.15. The number of guanidine groups is 1.